The van der Waals surface area contributed by atoms with Gasteiger partial charge in [-0.05, 0) is 61.4 Å². The van der Waals surface area contributed by atoms with Crippen LogP contribution in [0.3, 0.4) is 0 Å². The fraction of sp³-hybridized carbons (Fsp3) is 0.381. The summed E-state index contributed by atoms with van der Waals surface area (Å²) in [6, 6.07) is 37.1. The number of benzene rings is 4. The van der Waals surface area contributed by atoms with E-state index in [1.54, 1.807) is 4.90 Å². The predicted molar refractivity (Wildman–Crippen MR) is 195 cm³/mol. The lowest BCUT2D eigenvalue weighted by Gasteiger charge is -2.46. The SMILES string of the molecule is CCCc1cccc(C[C@@H]([C@H](O)[C@H]2C(=O)N(Cc3ccccc3)CCN2C(=O)OC(C)(C)C)N(Cc2ccccc2)Cc2ccccc2)c1. The molecule has 1 heterocycles. The van der Waals surface area contributed by atoms with Crippen molar-refractivity contribution in [1.82, 2.24) is 14.7 Å². The van der Waals surface area contributed by atoms with Crippen molar-refractivity contribution in [3.63, 3.8) is 0 Å². The van der Waals surface area contributed by atoms with Crippen LogP contribution in [0.4, 0.5) is 4.79 Å². The minimum absolute atomic E-state index is 0.255. The summed E-state index contributed by atoms with van der Waals surface area (Å²) in [7, 11) is 0. The van der Waals surface area contributed by atoms with Crippen LogP contribution in [0, 0.1) is 0 Å². The van der Waals surface area contributed by atoms with Crippen LogP contribution in [0.1, 0.15) is 61.9 Å². The van der Waals surface area contributed by atoms with Gasteiger partial charge < -0.3 is 14.7 Å². The predicted octanol–water partition coefficient (Wildman–Crippen LogP) is 7.26. The molecule has 0 radical (unpaired) electrons. The highest BCUT2D eigenvalue weighted by Crippen LogP contribution is 2.28. The smallest absolute Gasteiger partial charge is 0.411 e. The molecule has 1 aliphatic heterocycles. The minimum Gasteiger partial charge on any atom is -0.444 e. The van der Waals surface area contributed by atoms with E-state index in [1.807, 2.05) is 87.5 Å². The lowest BCUT2D eigenvalue weighted by atomic mass is 9.90. The Morgan fingerprint density at radius 3 is 1.88 bits per heavy atom. The average molecular weight is 662 g/mol. The molecular formula is C42H51N3O4. The highest BCUT2D eigenvalue weighted by atomic mass is 16.6. The zero-order valence-electron chi connectivity index (χ0n) is 29.4. The molecule has 1 saturated heterocycles. The van der Waals surface area contributed by atoms with Crippen LogP contribution in [-0.2, 0) is 42.0 Å². The highest BCUT2D eigenvalue weighted by molar-refractivity contribution is 5.87. The first-order chi connectivity index (χ1) is 23.6. The quantitative estimate of drug-likeness (QED) is 0.163. The topological polar surface area (TPSA) is 73.3 Å². The van der Waals surface area contributed by atoms with E-state index in [9.17, 15) is 14.7 Å². The van der Waals surface area contributed by atoms with Crippen LogP contribution in [0.2, 0.25) is 0 Å². The molecule has 0 aliphatic carbocycles. The molecule has 4 aromatic rings. The Bertz CT molecular complexity index is 1580. The first-order valence-corrected chi connectivity index (χ1v) is 17.5. The summed E-state index contributed by atoms with van der Waals surface area (Å²) >= 11 is 0. The Hall–Kier alpha value is -4.46. The summed E-state index contributed by atoms with van der Waals surface area (Å²) in [6.07, 6.45) is 0.665. The molecule has 0 bridgehead atoms. The normalized spacial score (nSPS) is 16.4. The van der Waals surface area contributed by atoms with E-state index in [0.29, 0.717) is 32.6 Å². The number of amides is 2. The van der Waals surface area contributed by atoms with Crippen molar-refractivity contribution in [3.8, 4) is 0 Å². The molecule has 49 heavy (non-hydrogen) atoms. The summed E-state index contributed by atoms with van der Waals surface area (Å²) in [5.74, 6) is -0.280. The first kappa shape index (κ1) is 35.8. The van der Waals surface area contributed by atoms with E-state index in [1.165, 1.54) is 10.5 Å². The number of piperazine rings is 1. The lowest BCUT2D eigenvalue weighted by Crippen LogP contribution is -2.66. The Balaban J connectivity index is 1.58. The van der Waals surface area contributed by atoms with Crippen molar-refractivity contribution in [3.05, 3.63) is 143 Å². The molecule has 2 amide bonds. The molecule has 7 heteroatoms. The Labute approximate surface area is 292 Å². The van der Waals surface area contributed by atoms with Crippen LogP contribution >= 0.6 is 0 Å². The number of aliphatic hydroxyl groups is 1. The maximum Gasteiger partial charge on any atom is 0.411 e. The van der Waals surface area contributed by atoms with Crippen LogP contribution in [0.25, 0.3) is 0 Å². The molecular weight excluding hydrogens is 610 g/mol. The van der Waals surface area contributed by atoms with Gasteiger partial charge in [-0.15, -0.1) is 0 Å². The van der Waals surface area contributed by atoms with Crippen molar-refractivity contribution in [2.45, 2.75) is 90.4 Å². The summed E-state index contributed by atoms with van der Waals surface area (Å²) in [5, 5.41) is 12.7. The second-order valence-corrected chi connectivity index (χ2v) is 14.1. The number of aliphatic hydroxyl groups excluding tert-OH is 1. The third-order valence-electron chi connectivity index (χ3n) is 8.97. The molecule has 0 aromatic heterocycles. The number of carbonyl (C=O) groups is 2. The van der Waals surface area contributed by atoms with E-state index < -0.39 is 29.9 Å². The van der Waals surface area contributed by atoms with E-state index in [4.69, 9.17) is 4.74 Å². The third-order valence-corrected chi connectivity index (χ3v) is 8.97. The Morgan fingerprint density at radius 1 is 0.796 bits per heavy atom. The van der Waals surface area contributed by atoms with Crippen LogP contribution in [-0.4, -0.2) is 68.7 Å². The van der Waals surface area contributed by atoms with Crippen molar-refractivity contribution in [2.24, 2.45) is 0 Å². The van der Waals surface area contributed by atoms with Gasteiger partial charge in [-0.1, -0.05) is 129 Å². The van der Waals surface area contributed by atoms with Gasteiger partial charge in [0.25, 0.3) is 0 Å². The Kier molecular flexibility index (Phi) is 12.3. The number of ether oxygens (including phenoxy) is 1. The number of carbonyl (C=O) groups excluding carboxylic acids is 2. The number of hydrogen-bond acceptors (Lipinski definition) is 5. The molecule has 1 fully saturated rings. The average Bonchev–Trinajstić information content (AvgIpc) is 3.08. The summed E-state index contributed by atoms with van der Waals surface area (Å²) in [5.41, 5.74) is 4.75. The largest absolute Gasteiger partial charge is 0.444 e. The molecule has 0 unspecified atom stereocenters. The number of nitrogens with zero attached hydrogens (tertiary/aromatic N) is 3. The highest BCUT2D eigenvalue weighted by Gasteiger charge is 2.47. The fourth-order valence-corrected chi connectivity index (χ4v) is 6.66. The van der Waals surface area contributed by atoms with Crippen LogP contribution in [0.5, 0.6) is 0 Å². The maximum atomic E-state index is 14.6. The maximum absolute atomic E-state index is 14.6. The van der Waals surface area contributed by atoms with Crippen molar-refractivity contribution in [1.29, 1.82) is 0 Å². The van der Waals surface area contributed by atoms with Crippen molar-refractivity contribution < 1.29 is 19.4 Å². The van der Waals surface area contributed by atoms with Crippen molar-refractivity contribution in [2.75, 3.05) is 13.1 Å². The summed E-state index contributed by atoms with van der Waals surface area (Å²) in [4.78, 5) is 33.9. The summed E-state index contributed by atoms with van der Waals surface area (Å²) < 4.78 is 5.84. The van der Waals surface area contributed by atoms with E-state index in [0.717, 1.165) is 35.1 Å². The van der Waals surface area contributed by atoms with Crippen molar-refractivity contribution >= 4 is 12.0 Å². The molecule has 7 nitrogen and oxygen atoms in total. The van der Waals surface area contributed by atoms with E-state index >= 15 is 0 Å². The number of hydrogen-bond donors (Lipinski definition) is 1. The lowest BCUT2D eigenvalue weighted by molar-refractivity contribution is -0.150. The van der Waals surface area contributed by atoms with Crippen LogP contribution in [0.15, 0.2) is 115 Å². The standard InChI is InChI=1S/C42H51N3O4/c1-5-16-32-23-15-24-36(27-32)28-37(44(30-34-19-11-7-12-20-34)31-35-21-13-8-14-22-35)39(46)38-40(47)43(29-33-17-9-6-10-18-33)25-26-45(38)41(48)49-42(2,3)4/h6-15,17-24,27,37-39,46H,5,16,25-26,28-31H2,1-4H3/t37-,38-,39-/m0/s1. The minimum atomic E-state index is -1.22. The zero-order valence-corrected chi connectivity index (χ0v) is 29.4. The van der Waals surface area contributed by atoms with Gasteiger partial charge in [-0.2, -0.15) is 0 Å². The molecule has 5 rings (SSSR count). The van der Waals surface area contributed by atoms with Gasteiger partial charge in [0.1, 0.15) is 11.6 Å². The summed E-state index contributed by atoms with van der Waals surface area (Å²) in [6.45, 7) is 9.71. The van der Waals surface area contributed by atoms with Crippen LogP contribution < -0.4 is 0 Å². The van der Waals surface area contributed by atoms with Gasteiger partial charge in [-0.25, -0.2) is 4.79 Å². The van der Waals surface area contributed by atoms with Gasteiger partial charge in [0, 0.05) is 38.8 Å². The van der Waals surface area contributed by atoms with Gasteiger partial charge in [0.2, 0.25) is 5.91 Å². The fourth-order valence-electron chi connectivity index (χ4n) is 6.66. The third kappa shape index (κ3) is 10.0. The Morgan fingerprint density at radius 2 is 1.33 bits per heavy atom. The van der Waals surface area contributed by atoms with Gasteiger partial charge in [0.15, 0.2) is 0 Å². The number of aryl methyl sites for hydroxylation is 1. The molecule has 4 aromatic carbocycles. The molecule has 1 aliphatic rings. The van der Waals surface area contributed by atoms with E-state index in [-0.39, 0.29) is 12.5 Å². The molecule has 258 valence electrons. The zero-order chi connectivity index (χ0) is 34.8. The first-order valence-electron chi connectivity index (χ1n) is 17.5. The second kappa shape index (κ2) is 16.8. The molecule has 0 saturated carbocycles. The van der Waals surface area contributed by atoms with E-state index in [2.05, 4.69) is 60.4 Å². The second-order valence-electron chi connectivity index (χ2n) is 14.1. The van der Waals surface area contributed by atoms with Gasteiger partial charge in [-0.3, -0.25) is 14.6 Å². The molecule has 0 spiro atoms. The monoisotopic (exact) mass is 661 g/mol. The number of rotatable bonds is 13. The van der Waals surface area contributed by atoms with Gasteiger partial charge in [0.05, 0.1) is 6.10 Å². The molecule has 3 atom stereocenters. The van der Waals surface area contributed by atoms with Gasteiger partial charge >= 0.3 is 6.09 Å². The molecule has 1 N–H and O–H groups in total.